The zero-order valence-corrected chi connectivity index (χ0v) is 11.9. The van der Waals surface area contributed by atoms with Crippen molar-refractivity contribution >= 4 is 24.2 Å². The molecule has 114 valence electrons. The van der Waals surface area contributed by atoms with Crippen molar-refractivity contribution in [2.75, 3.05) is 20.1 Å². The van der Waals surface area contributed by atoms with Crippen molar-refractivity contribution in [2.24, 2.45) is 5.92 Å². The second kappa shape index (κ2) is 8.89. The summed E-state index contributed by atoms with van der Waals surface area (Å²) in [5, 5.41) is 13.3. The largest absolute Gasteiger partial charge is 0.480 e. The lowest BCUT2D eigenvalue weighted by Gasteiger charge is -2.24. The van der Waals surface area contributed by atoms with Crippen LogP contribution in [0.3, 0.4) is 0 Å². The van der Waals surface area contributed by atoms with E-state index in [4.69, 9.17) is 5.11 Å². The minimum atomic E-state index is -1.16. The standard InChI is InChI=1S/C12H21N3O5/c1-4-8(2)11(12(20)13-5-10(18)19)14-9(17)6-15(3)7-16/h7-8,11H,4-6H2,1-3H3,(H,13,20)(H,14,17)(H,18,19). The first-order valence-corrected chi connectivity index (χ1v) is 6.26. The summed E-state index contributed by atoms with van der Waals surface area (Å²) in [5.41, 5.74) is 0. The minimum absolute atomic E-state index is 0.158. The van der Waals surface area contributed by atoms with Crippen LogP contribution in [0.15, 0.2) is 0 Å². The molecule has 0 rings (SSSR count). The fraction of sp³-hybridized carbons (Fsp3) is 0.667. The van der Waals surface area contributed by atoms with E-state index in [1.54, 1.807) is 6.92 Å². The second-order valence-corrected chi connectivity index (χ2v) is 4.56. The Bertz CT molecular complexity index is 372. The smallest absolute Gasteiger partial charge is 0.322 e. The van der Waals surface area contributed by atoms with E-state index in [9.17, 15) is 19.2 Å². The summed E-state index contributed by atoms with van der Waals surface area (Å²) in [4.78, 5) is 45.5. The Hall–Kier alpha value is -2.12. The lowest BCUT2D eigenvalue weighted by molar-refractivity contribution is -0.138. The minimum Gasteiger partial charge on any atom is -0.480 e. The average Bonchev–Trinajstić information content (AvgIpc) is 2.40. The first-order valence-electron chi connectivity index (χ1n) is 6.26. The molecule has 3 N–H and O–H groups in total. The predicted molar refractivity (Wildman–Crippen MR) is 70.7 cm³/mol. The molecule has 0 bridgehead atoms. The molecule has 0 aromatic carbocycles. The van der Waals surface area contributed by atoms with Crippen LogP contribution in [0.25, 0.3) is 0 Å². The number of carboxylic acids is 1. The normalized spacial score (nSPS) is 12.9. The molecular formula is C12H21N3O5. The van der Waals surface area contributed by atoms with Gasteiger partial charge >= 0.3 is 5.97 Å². The van der Waals surface area contributed by atoms with E-state index >= 15 is 0 Å². The fourth-order valence-corrected chi connectivity index (χ4v) is 1.46. The van der Waals surface area contributed by atoms with Crippen LogP contribution in [0.4, 0.5) is 0 Å². The van der Waals surface area contributed by atoms with Crippen LogP contribution < -0.4 is 10.6 Å². The summed E-state index contributed by atoms with van der Waals surface area (Å²) in [5.74, 6) is -2.35. The molecule has 0 saturated carbocycles. The van der Waals surface area contributed by atoms with Gasteiger partial charge in [0.05, 0.1) is 6.54 Å². The zero-order chi connectivity index (χ0) is 15.7. The maximum absolute atomic E-state index is 11.9. The number of nitrogens with zero attached hydrogens (tertiary/aromatic N) is 1. The van der Waals surface area contributed by atoms with E-state index in [0.29, 0.717) is 12.8 Å². The van der Waals surface area contributed by atoms with Gasteiger partial charge in [0.1, 0.15) is 12.6 Å². The van der Waals surface area contributed by atoms with Crippen molar-refractivity contribution in [1.82, 2.24) is 15.5 Å². The zero-order valence-electron chi connectivity index (χ0n) is 11.9. The Labute approximate surface area is 117 Å². The number of carbonyl (C=O) groups is 4. The molecule has 0 spiro atoms. The van der Waals surface area contributed by atoms with Gasteiger partial charge in [0.2, 0.25) is 18.2 Å². The van der Waals surface area contributed by atoms with Gasteiger partial charge in [0.15, 0.2) is 0 Å². The number of hydrogen-bond acceptors (Lipinski definition) is 4. The maximum Gasteiger partial charge on any atom is 0.322 e. The van der Waals surface area contributed by atoms with E-state index in [0.717, 1.165) is 4.90 Å². The molecule has 2 atom stereocenters. The molecule has 2 unspecified atom stereocenters. The van der Waals surface area contributed by atoms with Crippen molar-refractivity contribution in [3.05, 3.63) is 0 Å². The van der Waals surface area contributed by atoms with Crippen LogP contribution in [0.1, 0.15) is 20.3 Å². The number of hydrogen-bond donors (Lipinski definition) is 3. The Balaban J connectivity index is 4.63. The lowest BCUT2D eigenvalue weighted by atomic mass is 9.98. The molecule has 0 fully saturated rings. The third kappa shape index (κ3) is 6.72. The Morgan fingerprint density at radius 1 is 1.35 bits per heavy atom. The van der Waals surface area contributed by atoms with Crippen molar-refractivity contribution in [2.45, 2.75) is 26.3 Å². The first kappa shape index (κ1) is 17.9. The van der Waals surface area contributed by atoms with E-state index < -0.39 is 30.4 Å². The number of carbonyl (C=O) groups excluding carboxylic acids is 3. The van der Waals surface area contributed by atoms with E-state index in [1.807, 2.05) is 6.92 Å². The fourth-order valence-electron chi connectivity index (χ4n) is 1.46. The lowest BCUT2D eigenvalue weighted by Crippen LogP contribution is -2.52. The van der Waals surface area contributed by atoms with Gasteiger partial charge < -0.3 is 20.6 Å². The van der Waals surface area contributed by atoms with E-state index in [2.05, 4.69) is 10.6 Å². The molecule has 20 heavy (non-hydrogen) atoms. The number of likely N-dealkylation sites (N-methyl/N-ethyl adjacent to an activating group) is 1. The van der Waals surface area contributed by atoms with Gasteiger partial charge in [-0.2, -0.15) is 0 Å². The van der Waals surface area contributed by atoms with Gasteiger partial charge in [-0.3, -0.25) is 19.2 Å². The summed E-state index contributed by atoms with van der Waals surface area (Å²) in [7, 11) is 1.44. The van der Waals surface area contributed by atoms with Crippen LogP contribution in [0.5, 0.6) is 0 Å². The monoisotopic (exact) mass is 287 g/mol. The number of rotatable bonds is 9. The molecule has 0 heterocycles. The van der Waals surface area contributed by atoms with Gasteiger partial charge in [0.25, 0.3) is 0 Å². The van der Waals surface area contributed by atoms with Gasteiger partial charge in [-0.1, -0.05) is 20.3 Å². The first-order chi connectivity index (χ1) is 9.31. The maximum atomic E-state index is 11.9. The molecule has 8 nitrogen and oxygen atoms in total. The summed E-state index contributed by atoms with van der Waals surface area (Å²) < 4.78 is 0. The SMILES string of the molecule is CCC(C)C(NC(=O)CN(C)C=O)C(=O)NCC(=O)O. The number of amides is 3. The molecule has 0 aliphatic heterocycles. The third-order valence-electron chi connectivity index (χ3n) is 2.80. The van der Waals surface area contributed by atoms with Gasteiger partial charge in [-0.15, -0.1) is 0 Å². The Kier molecular flexibility index (Phi) is 7.95. The van der Waals surface area contributed by atoms with Crippen LogP contribution in [-0.2, 0) is 19.2 Å². The number of nitrogens with one attached hydrogen (secondary N) is 2. The van der Waals surface area contributed by atoms with Crippen LogP contribution in [0, 0.1) is 5.92 Å². The van der Waals surface area contributed by atoms with E-state index in [1.165, 1.54) is 7.05 Å². The molecule has 0 saturated heterocycles. The van der Waals surface area contributed by atoms with E-state index in [-0.39, 0.29) is 12.5 Å². The molecule has 0 aliphatic carbocycles. The Morgan fingerprint density at radius 3 is 2.40 bits per heavy atom. The average molecular weight is 287 g/mol. The van der Waals surface area contributed by atoms with Crippen LogP contribution >= 0.6 is 0 Å². The highest BCUT2D eigenvalue weighted by Crippen LogP contribution is 2.07. The molecule has 0 radical (unpaired) electrons. The van der Waals surface area contributed by atoms with Crippen LogP contribution in [-0.4, -0.2) is 60.4 Å². The van der Waals surface area contributed by atoms with Gasteiger partial charge in [-0.05, 0) is 5.92 Å². The van der Waals surface area contributed by atoms with Crippen molar-refractivity contribution in [3.8, 4) is 0 Å². The third-order valence-corrected chi connectivity index (χ3v) is 2.80. The summed E-state index contributed by atoms with van der Waals surface area (Å²) in [6, 6.07) is -0.827. The molecular weight excluding hydrogens is 266 g/mol. The van der Waals surface area contributed by atoms with Gasteiger partial charge in [-0.25, -0.2) is 0 Å². The molecule has 3 amide bonds. The molecule has 0 aliphatic rings. The Morgan fingerprint density at radius 2 is 1.95 bits per heavy atom. The highest BCUT2D eigenvalue weighted by Gasteiger charge is 2.26. The number of carboxylic acid groups (broad SMARTS) is 1. The quantitative estimate of drug-likeness (QED) is 0.461. The molecule has 0 aromatic rings. The highest BCUT2D eigenvalue weighted by atomic mass is 16.4. The second-order valence-electron chi connectivity index (χ2n) is 4.56. The summed E-state index contributed by atoms with van der Waals surface area (Å²) >= 11 is 0. The molecule has 8 heteroatoms. The van der Waals surface area contributed by atoms with Crippen LogP contribution in [0.2, 0.25) is 0 Å². The van der Waals surface area contributed by atoms with Crippen molar-refractivity contribution in [3.63, 3.8) is 0 Å². The number of aliphatic carboxylic acids is 1. The van der Waals surface area contributed by atoms with Crippen molar-refractivity contribution in [1.29, 1.82) is 0 Å². The molecule has 0 aromatic heterocycles. The van der Waals surface area contributed by atoms with Crippen molar-refractivity contribution < 1.29 is 24.3 Å². The van der Waals surface area contributed by atoms with Gasteiger partial charge in [0, 0.05) is 7.05 Å². The summed E-state index contributed by atoms with van der Waals surface area (Å²) in [6.45, 7) is 2.96. The summed E-state index contributed by atoms with van der Waals surface area (Å²) in [6.07, 6.45) is 1.14. The highest BCUT2D eigenvalue weighted by molar-refractivity contribution is 5.90. The predicted octanol–water partition coefficient (Wildman–Crippen LogP) is -1.19. The topological polar surface area (TPSA) is 116 Å².